The molecule has 2 rings (SSSR count). The first-order chi connectivity index (χ1) is 9.11. The molecule has 0 bridgehead atoms. The third kappa shape index (κ3) is 2.91. The molecule has 0 aromatic carbocycles. The molecule has 0 spiro atoms. The van der Waals surface area contributed by atoms with Gasteiger partial charge >= 0.3 is 0 Å². The standard InChI is InChI=1S/C11H12N6OS/c1-2-13-11(18)8-5-7(3-4-14-8)17-6-15-10(16-17)9(12)19/h3-6H,2H2,1H3,(H2,12,19)(H,13,18). The predicted molar refractivity (Wildman–Crippen MR) is 73.0 cm³/mol. The van der Waals surface area contributed by atoms with E-state index in [9.17, 15) is 4.79 Å². The molecule has 2 heterocycles. The van der Waals surface area contributed by atoms with E-state index in [1.54, 1.807) is 12.1 Å². The number of nitrogens with one attached hydrogen (secondary N) is 1. The maximum atomic E-state index is 11.7. The van der Waals surface area contributed by atoms with Crippen LogP contribution in [0.2, 0.25) is 0 Å². The van der Waals surface area contributed by atoms with Crippen LogP contribution in [0.15, 0.2) is 24.7 Å². The third-order valence-electron chi connectivity index (χ3n) is 2.29. The lowest BCUT2D eigenvalue weighted by Gasteiger charge is -2.04. The van der Waals surface area contributed by atoms with E-state index in [1.165, 1.54) is 17.2 Å². The Morgan fingerprint density at radius 3 is 2.95 bits per heavy atom. The third-order valence-corrected chi connectivity index (χ3v) is 2.47. The number of hydrogen-bond acceptors (Lipinski definition) is 5. The molecule has 19 heavy (non-hydrogen) atoms. The molecule has 1 amide bonds. The fourth-order valence-electron chi connectivity index (χ4n) is 1.44. The molecule has 0 aliphatic carbocycles. The zero-order chi connectivity index (χ0) is 13.8. The van der Waals surface area contributed by atoms with Gasteiger partial charge in [0, 0.05) is 12.7 Å². The van der Waals surface area contributed by atoms with Gasteiger partial charge in [0.25, 0.3) is 5.91 Å². The molecule has 2 aromatic rings. The molecule has 0 aliphatic rings. The minimum atomic E-state index is -0.237. The Bertz CT molecular complexity index is 623. The molecule has 0 fully saturated rings. The number of pyridine rings is 1. The summed E-state index contributed by atoms with van der Waals surface area (Å²) in [6, 6.07) is 3.32. The zero-order valence-corrected chi connectivity index (χ0v) is 11.0. The molecule has 0 aliphatic heterocycles. The second-order valence-corrected chi connectivity index (χ2v) is 4.08. The lowest BCUT2D eigenvalue weighted by molar-refractivity contribution is 0.0951. The average Bonchev–Trinajstić information content (AvgIpc) is 2.89. The molecule has 0 saturated carbocycles. The first kappa shape index (κ1) is 13.1. The maximum absolute atomic E-state index is 11.7. The zero-order valence-electron chi connectivity index (χ0n) is 10.2. The second-order valence-electron chi connectivity index (χ2n) is 3.64. The number of nitrogens with zero attached hydrogens (tertiary/aromatic N) is 4. The van der Waals surface area contributed by atoms with Gasteiger partial charge in [0.15, 0.2) is 0 Å². The molecule has 0 unspecified atom stereocenters. The summed E-state index contributed by atoms with van der Waals surface area (Å²) in [4.78, 5) is 19.8. The Labute approximate surface area is 114 Å². The van der Waals surface area contributed by atoms with Gasteiger partial charge < -0.3 is 11.1 Å². The van der Waals surface area contributed by atoms with Gasteiger partial charge in [-0.05, 0) is 19.1 Å². The SMILES string of the molecule is CCNC(=O)c1cc(-n2cnc(C(N)=S)n2)ccn1. The molecule has 0 radical (unpaired) electrons. The Morgan fingerprint density at radius 2 is 2.32 bits per heavy atom. The monoisotopic (exact) mass is 276 g/mol. The van der Waals surface area contributed by atoms with Crippen LogP contribution in [0.25, 0.3) is 5.69 Å². The van der Waals surface area contributed by atoms with Gasteiger partial charge in [-0.25, -0.2) is 9.67 Å². The molecule has 0 atom stereocenters. The van der Waals surface area contributed by atoms with Crippen molar-refractivity contribution in [2.45, 2.75) is 6.92 Å². The largest absolute Gasteiger partial charge is 0.387 e. The Morgan fingerprint density at radius 1 is 1.53 bits per heavy atom. The van der Waals surface area contributed by atoms with Gasteiger partial charge in [0.1, 0.15) is 17.0 Å². The van der Waals surface area contributed by atoms with E-state index >= 15 is 0 Å². The van der Waals surface area contributed by atoms with Crippen molar-refractivity contribution in [3.05, 3.63) is 36.2 Å². The van der Waals surface area contributed by atoms with Crippen LogP contribution in [0.1, 0.15) is 23.2 Å². The van der Waals surface area contributed by atoms with Crippen molar-refractivity contribution in [2.75, 3.05) is 6.54 Å². The van der Waals surface area contributed by atoms with E-state index in [0.29, 0.717) is 17.9 Å². The molecule has 0 saturated heterocycles. The van der Waals surface area contributed by atoms with Crippen LogP contribution in [-0.2, 0) is 0 Å². The summed E-state index contributed by atoms with van der Waals surface area (Å²) in [6.07, 6.45) is 3.01. The van der Waals surface area contributed by atoms with Gasteiger partial charge in [-0.15, -0.1) is 5.10 Å². The van der Waals surface area contributed by atoms with Crippen LogP contribution in [0.3, 0.4) is 0 Å². The van der Waals surface area contributed by atoms with E-state index < -0.39 is 0 Å². The molecular formula is C11H12N6OS. The smallest absolute Gasteiger partial charge is 0.269 e. The highest BCUT2D eigenvalue weighted by Crippen LogP contribution is 2.07. The summed E-state index contributed by atoms with van der Waals surface area (Å²) in [5.74, 6) is 0.0467. The summed E-state index contributed by atoms with van der Waals surface area (Å²) < 4.78 is 1.49. The van der Waals surface area contributed by atoms with Crippen LogP contribution in [0.4, 0.5) is 0 Å². The number of carbonyl (C=O) groups is 1. The first-order valence-corrected chi connectivity index (χ1v) is 5.98. The van der Waals surface area contributed by atoms with Gasteiger partial charge in [0.2, 0.25) is 5.82 Å². The normalized spacial score (nSPS) is 10.2. The summed E-state index contributed by atoms with van der Waals surface area (Å²) in [7, 11) is 0. The van der Waals surface area contributed by atoms with Crippen LogP contribution in [0.5, 0.6) is 0 Å². The van der Waals surface area contributed by atoms with E-state index in [-0.39, 0.29) is 16.7 Å². The highest BCUT2D eigenvalue weighted by molar-refractivity contribution is 7.80. The minimum absolute atomic E-state index is 0.122. The summed E-state index contributed by atoms with van der Waals surface area (Å²) in [6.45, 7) is 2.38. The highest BCUT2D eigenvalue weighted by Gasteiger charge is 2.09. The fraction of sp³-hybridized carbons (Fsp3) is 0.182. The van der Waals surface area contributed by atoms with Gasteiger partial charge in [-0.3, -0.25) is 9.78 Å². The topological polar surface area (TPSA) is 98.7 Å². The van der Waals surface area contributed by atoms with E-state index in [1.807, 2.05) is 6.92 Å². The lowest BCUT2D eigenvalue weighted by Crippen LogP contribution is -2.23. The van der Waals surface area contributed by atoms with Crippen molar-refractivity contribution in [3.63, 3.8) is 0 Å². The number of thiocarbonyl (C=S) groups is 1. The van der Waals surface area contributed by atoms with E-state index in [0.717, 1.165) is 0 Å². The van der Waals surface area contributed by atoms with Gasteiger partial charge in [0.05, 0.1) is 5.69 Å². The van der Waals surface area contributed by atoms with E-state index in [4.69, 9.17) is 18.0 Å². The highest BCUT2D eigenvalue weighted by atomic mass is 32.1. The van der Waals surface area contributed by atoms with Crippen molar-refractivity contribution in [1.29, 1.82) is 0 Å². The maximum Gasteiger partial charge on any atom is 0.269 e. The van der Waals surface area contributed by atoms with Crippen LogP contribution in [0, 0.1) is 0 Å². The molecule has 98 valence electrons. The molecular weight excluding hydrogens is 264 g/mol. The van der Waals surface area contributed by atoms with Crippen LogP contribution >= 0.6 is 12.2 Å². The molecule has 8 heteroatoms. The first-order valence-electron chi connectivity index (χ1n) is 5.58. The summed E-state index contributed by atoms with van der Waals surface area (Å²) >= 11 is 4.79. The predicted octanol–water partition coefficient (Wildman–Crippen LogP) is 0.0462. The lowest BCUT2D eigenvalue weighted by atomic mass is 10.3. The number of carbonyl (C=O) groups excluding carboxylic acids is 1. The van der Waals surface area contributed by atoms with Crippen molar-refractivity contribution in [2.24, 2.45) is 5.73 Å². The van der Waals surface area contributed by atoms with Crippen molar-refractivity contribution in [3.8, 4) is 5.69 Å². The quantitative estimate of drug-likeness (QED) is 0.765. The Hall–Kier alpha value is -2.35. The van der Waals surface area contributed by atoms with Gasteiger partial charge in [-0.2, -0.15) is 0 Å². The average molecular weight is 276 g/mol. The summed E-state index contributed by atoms with van der Waals surface area (Å²) in [5, 5.41) is 6.78. The van der Waals surface area contributed by atoms with E-state index in [2.05, 4.69) is 20.4 Å². The minimum Gasteiger partial charge on any atom is -0.387 e. The summed E-state index contributed by atoms with van der Waals surface area (Å²) in [5.41, 5.74) is 6.41. The molecule has 3 N–H and O–H groups in total. The fourth-order valence-corrected chi connectivity index (χ4v) is 1.53. The number of amides is 1. The Kier molecular flexibility index (Phi) is 3.81. The number of nitrogens with two attached hydrogens (primary N) is 1. The molecule has 7 nitrogen and oxygen atoms in total. The number of aromatic nitrogens is 4. The van der Waals surface area contributed by atoms with Gasteiger partial charge in [-0.1, -0.05) is 12.2 Å². The van der Waals surface area contributed by atoms with Crippen molar-refractivity contribution >= 4 is 23.1 Å². The van der Waals surface area contributed by atoms with Crippen LogP contribution in [-0.4, -0.2) is 37.2 Å². The van der Waals surface area contributed by atoms with Crippen LogP contribution < -0.4 is 11.1 Å². The van der Waals surface area contributed by atoms with Crippen molar-refractivity contribution < 1.29 is 4.79 Å². The second kappa shape index (κ2) is 5.53. The number of rotatable bonds is 4. The van der Waals surface area contributed by atoms with Crippen molar-refractivity contribution in [1.82, 2.24) is 25.1 Å². The molecule has 2 aromatic heterocycles. The number of hydrogen-bond donors (Lipinski definition) is 2. The Balaban J connectivity index is 2.32.